The Bertz CT molecular complexity index is 393. The summed E-state index contributed by atoms with van der Waals surface area (Å²) in [5, 5.41) is 12.3. The average Bonchev–Trinajstić information content (AvgIpc) is 2.43. The van der Waals surface area contributed by atoms with Crippen LogP contribution in [0.3, 0.4) is 0 Å². The second kappa shape index (κ2) is 11.5. The first-order valence-corrected chi connectivity index (χ1v) is 6.73. The quantitative estimate of drug-likeness (QED) is 0.811. The second-order valence-corrected chi connectivity index (χ2v) is 3.60. The first-order valence-electron chi connectivity index (χ1n) is 6.32. The molecule has 0 spiro atoms. The van der Waals surface area contributed by atoms with E-state index in [4.69, 9.17) is 17.3 Å². The number of aromatic carboxylic acids is 1. The normalized spacial score (nSPS) is 8.11. The Labute approximate surface area is 121 Å². The van der Waals surface area contributed by atoms with E-state index in [1.165, 1.54) is 12.1 Å². The van der Waals surface area contributed by atoms with Gasteiger partial charge >= 0.3 is 5.97 Å². The minimum atomic E-state index is -0.950. The molecule has 5 heteroatoms. The fraction of sp³-hybridized carbons (Fsp3) is 0.429. The van der Waals surface area contributed by atoms with Crippen LogP contribution in [-0.4, -0.2) is 35.2 Å². The molecule has 1 rings (SSSR count). The van der Waals surface area contributed by atoms with E-state index in [1.54, 1.807) is 17.0 Å². The van der Waals surface area contributed by atoms with E-state index in [0.717, 1.165) is 0 Å². The lowest BCUT2D eigenvalue weighted by atomic mass is 10.2. The van der Waals surface area contributed by atoms with E-state index >= 15 is 0 Å². The maximum atomic E-state index is 10.7. The van der Waals surface area contributed by atoms with E-state index < -0.39 is 5.97 Å². The van der Waals surface area contributed by atoms with Crippen molar-refractivity contribution in [2.45, 2.75) is 27.7 Å². The Hall–Kier alpha value is -1.62. The Kier molecular flexibility index (Phi) is 11.9. The Morgan fingerprint density at radius 3 is 2.16 bits per heavy atom. The molecule has 2 N–H and O–H groups in total. The summed E-state index contributed by atoms with van der Waals surface area (Å²) in [6.45, 7) is 8.00. The molecule has 0 aliphatic rings. The van der Waals surface area contributed by atoms with Gasteiger partial charge in [-0.05, 0) is 30.4 Å². The summed E-state index contributed by atoms with van der Waals surface area (Å²) in [7, 11) is 3.63. The van der Waals surface area contributed by atoms with Gasteiger partial charge in [-0.3, -0.25) is 0 Å². The molecular formula is C14H24N2O2S. The highest BCUT2D eigenvalue weighted by Crippen LogP contribution is 2.10. The topological polar surface area (TPSA) is 52.6 Å². The van der Waals surface area contributed by atoms with Crippen LogP contribution in [0.2, 0.25) is 0 Å². The molecule has 0 radical (unpaired) electrons. The lowest BCUT2D eigenvalue weighted by Gasteiger charge is -2.15. The maximum Gasteiger partial charge on any atom is 0.335 e. The van der Waals surface area contributed by atoms with Crippen LogP contribution in [0.1, 0.15) is 38.1 Å². The van der Waals surface area contributed by atoms with Crippen LogP contribution in [0.15, 0.2) is 24.3 Å². The van der Waals surface area contributed by atoms with Crippen molar-refractivity contribution in [2.75, 3.05) is 19.4 Å². The minimum Gasteiger partial charge on any atom is -0.478 e. The molecule has 0 heterocycles. The van der Waals surface area contributed by atoms with Crippen molar-refractivity contribution < 1.29 is 9.90 Å². The smallest absolute Gasteiger partial charge is 0.335 e. The SMILES string of the molecule is CC.CC.CN(C)C(=S)Nc1cccc(C(=O)O)c1. The molecule has 1 aromatic carbocycles. The van der Waals surface area contributed by atoms with Crippen molar-refractivity contribution in [3.8, 4) is 0 Å². The first kappa shape index (κ1) is 19.7. The van der Waals surface area contributed by atoms with Crippen LogP contribution in [0.25, 0.3) is 0 Å². The molecule has 0 aromatic heterocycles. The lowest BCUT2D eigenvalue weighted by molar-refractivity contribution is 0.0697. The number of rotatable bonds is 2. The number of hydrogen-bond donors (Lipinski definition) is 2. The van der Waals surface area contributed by atoms with Gasteiger partial charge in [0.25, 0.3) is 0 Å². The average molecular weight is 284 g/mol. The van der Waals surface area contributed by atoms with E-state index in [9.17, 15) is 4.79 Å². The van der Waals surface area contributed by atoms with Crippen LogP contribution in [0.5, 0.6) is 0 Å². The van der Waals surface area contributed by atoms with Crippen LogP contribution in [-0.2, 0) is 0 Å². The number of nitrogens with one attached hydrogen (secondary N) is 1. The van der Waals surface area contributed by atoms with E-state index in [1.807, 2.05) is 41.8 Å². The molecule has 0 saturated heterocycles. The number of anilines is 1. The molecule has 0 amide bonds. The van der Waals surface area contributed by atoms with Gasteiger partial charge in [-0.15, -0.1) is 0 Å². The highest BCUT2D eigenvalue weighted by atomic mass is 32.1. The Balaban J connectivity index is 0. The van der Waals surface area contributed by atoms with Gasteiger partial charge in [0.05, 0.1) is 5.56 Å². The standard InChI is InChI=1S/C10H12N2O2S.2C2H6/c1-12(2)10(15)11-8-5-3-4-7(6-8)9(13)14;2*1-2/h3-6H,1-2H3,(H,11,15)(H,13,14);2*1-2H3. The number of carboxylic acids is 1. The fourth-order valence-corrected chi connectivity index (χ4v) is 1.08. The third kappa shape index (κ3) is 8.15. The molecule has 108 valence electrons. The number of nitrogens with zero attached hydrogens (tertiary/aromatic N) is 1. The zero-order chi connectivity index (χ0) is 15.4. The molecule has 1 aromatic rings. The van der Waals surface area contributed by atoms with Gasteiger partial charge in [0.15, 0.2) is 5.11 Å². The number of carboxylic acid groups (broad SMARTS) is 1. The van der Waals surface area contributed by atoms with Crippen molar-refractivity contribution >= 4 is 29.0 Å². The van der Waals surface area contributed by atoms with Crippen molar-refractivity contribution in [1.29, 1.82) is 0 Å². The van der Waals surface area contributed by atoms with Gasteiger partial charge in [0.2, 0.25) is 0 Å². The number of thiocarbonyl (C=S) groups is 1. The van der Waals surface area contributed by atoms with Crippen molar-refractivity contribution in [3.05, 3.63) is 29.8 Å². The molecule has 19 heavy (non-hydrogen) atoms. The highest BCUT2D eigenvalue weighted by molar-refractivity contribution is 7.80. The zero-order valence-electron chi connectivity index (χ0n) is 12.5. The molecule has 0 aliphatic heterocycles. The van der Waals surface area contributed by atoms with E-state index in [2.05, 4.69) is 5.32 Å². The molecule has 0 atom stereocenters. The molecule has 4 nitrogen and oxygen atoms in total. The summed E-state index contributed by atoms with van der Waals surface area (Å²) >= 11 is 5.04. The molecule has 0 aliphatic carbocycles. The first-order chi connectivity index (χ1) is 9.00. The summed E-state index contributed by atoms with van der Waals surface area (Å²) in [5.74, 6) is -0.950. The molecular weight excluding hydrogens is 260 g/mol. The van der Waals surface area contributed by atoms with Crippen LogP contribution >= 0.6 is 12.2 Å². The molecule has 0 unspecified atom stereocenters. The summed E-state index contributed by atoms with van der Waals surface area (Å²) in [5.41, 5.74) is 0.912. The number of carbonyl (C=O) groups is 1. The highest BCUT2D eigenvalue weighted by Gasteiger charge is 2.04. The number of benzene rings is 1. The largest absolute Gasteiger partial charge is 0.478 e. The van der Waals surface area contributed by atoms with Crippen molar-refractivity contribution in [1.82, 2.24) is 4.90 Å². The molecule has 0 bridgehead atoms. The Morgan fingerprint density at radius 2 is 1.74 bits per heavy atom. The summed E-state index contributed by atoms with van der Waals surface area (Å²) < 4.78 is 0. The van der Waals surface area contributed by atoms with E-state index in [0.29, 0.717) is 10.8 Å². The van der Waals surface area contributed by atoms with Crippen LogP contribution in [0.4, 0.5) is 5.69 Å². The maximum absolute atomic E-state index is 10.7. The summed E-state index contributed by atoms with van der Waals surface area (Å²) in [4.78, 5) is 12.4. The predicted molar refractivity (Wildman–Crippen MR) is 86.0 cm³/mol. The third-order valence-corrected chi connectivity index (χ3v) is 2.23. The van der Waals surface area contributed by atoms with Gasteiger partial charge in [-0.2, -0.15) is 0 Å². The fourth-order valence-electron chi connectivity index (χ4n) is 0.965. The molecule has 0 fully saturated rings. The predicted octanol–water partition coefficient (Wildman–Crippen LogP) is 3.70. The van der Waals surface area contributed by atoms with Gasteiger partial charge in [0, 0.05) is 19.8 Å². The minimum absolute atomic E-state index is 0.238. The van der Waals surface area contributed by atoms with Gasteiger partial charge in [0.1, 0.15) is 0 Å². The zero-order valence-corrected chi connectivity index (χ0v) is 13.3. The van der Waals surface area contributed by atoms with Gasteiger partial charge < -0.3 is 15.3 Å². The van der Waals surface area contributed by atoms with E-state index in [-0.39, 0.29) is 5.56 Å². The second-order valence-electron chi connectivity index (χ2n) is 3.21. The van der Waals surface area contributed by atoms with Gasteiger partial charge in [-0.25, -0.2) is 4.79 Å². The third-order valence-electron chi connectivity index (χ3n) is 1.77. The van der Waals surface area contributed by atoms with Crippen LogP contribution < -0.4 is 5.32 Å². The summed E-state index contributed by atoms with van der Waals surface area (Å²) in [6.07, 6.45) is 0. The van der Waals surface area contributed by atoms with Crippen molar-refractivity contribution in [2.24, 2.45) is 0 Å². The Morgan fingerprint density at radius 1 is 1.21 bits per heavy atom. The van der Waals surface area contributed by atoms with Crippen LogP contribution in [0, 0.1) is 0 Å². The monoisotopic (exact) mass is 284 g/mol. The van der Waals surface area contributed by atoms with Gasteiger partial charge in [-0.1, -0.05) is 33.8 Å². The molecule has 0 saturated carbocycles. The van der Waals surface area contributed by atoms with Crippen molar-refractivity contribution in [3.63, 3.8) is 0 Å². The number of hydrogen-bond acceptors (Lipinski definition) is 2. The summed E-state index contributed by atoms with van der Waals surface area (Å²) in [6, 6.07) is 6.51. The lowest BCUT2D eigenvalue weighted by Crippen LogP contribution is -2.27.